The Balaban J connectivity index is 2.90. The summed E-state index contributed by atoms with van der Waals surface area (Å²) in [5, 5.41) is 20.4. The van der Waals surface area contributed by atoms with Crippen LogP contribution in [0.4, 0.5) is 10.5 Å². The summed E-state index contributed by atoms with van der Waals surface area (Å²) in [6.07, 6.45) is 0. The Hall–Kier alpha value is -1.79. The fraction of sp³-hybridized carbons (Fsp3) is 0.273. The summed E-state index contributed by atoms with van der Waals surface area (Å²) in [6.45, 7) is -0.0157. The molecule has 0 unspecified atom stereocenters. The van der Waals surface area contributed by atoms with Gasteiger partial charge in [-0.15, -0.1) is 0 Å². The van der Waals surface area contributed by atoms with Crippen LogP contribution in [-0.2, 0) is 0 Å². The number of carboxylic acid groups (broad SMARTS) is 1. The number of nitrogens with one attached hydrogen (secondary N) is 1. The zero-order valence-corrected chi connectivity index (χ0v) is 10.4. The van der Waals surface area contributed by atoms with Crippen LogP contribution in [0.25, 0.3) is 0 Å². The van der Waals surface area contributed by atoms with Crippen LogP contribution in [0.1, 0.15) is 10.4 Å². The highest BCUT2D eigenvalue weighted by Gasteiger charge is 2.15. The molecule has 0 heterocycles. The molecule has 3 N–H and O–H groups in total. The van der Waals surface area contributed by atoms with Crippen molar-refractivity contribution in [2.75, 3.05) is 25.5 Å². The van der Waals surface area contributed by atoms with E-state index in [0.29, 0.717) is 0 Å². The number of hydrogen-bond acceptors (Lipinski definition) is 3. The number of carboxylic acids is 1. The Morgan fingerprint density at radius 3 is 2.67 bits per heavy atom. The summed E-state index contributed by atoms with van der Waals surface area (Å²) in [7, 11) is 1.49. The van der Waals surface area contributed by atoms with Crippen molar-refractivity contribution in [3.05, 3.63) is 28.8 Å². The van der Waals surface area contributed by atoms with Gasteiger partial charge in [-0.25, -0.2) is 9.59 Å². The van der Waals surface area contributed by atoms with Crippen molar-refractivity contribution in [3.63, 3.8) is 0 Å². The summed E-state index contributed by atoms with van der Waals surface area (Å²) in [5.74, 6) is -1.18. The number of carbonyl (C=O) groups excluding carboxylic acids is 1. The topological polar surface area (TPSA) is 89.9 Å². The zero-order valence-electron chi connectivity index (χ0n) is 9.68. The van der Waals surface area contributed by atoms with E-state index in [2.05, 4.69) is 5.32 Å². The molecule has 98 valence electrons. The first kappa shape index (κ1) is 14.3. The maximum atomic E-state index is 11.6. The third kappa shape index (κ3) is 3.61. The second kappa shape index (κ2) is 6.23. The van der Waals surface area contributed by atoms with Gasteiger partial charge in [0.05, 0.1) is 17.9 Å². The molecule has 18 heavy (non-hydrogen) atoms. The number of amides is 2. The summed E-state index contributed by atoms with van der Waals surface area (Å²) in [5.41, 5.74) is 0.0648. The number of aliphatic hydroxyl groups excluding tert-OH is 1. The van der Waals surface area contributed by atoms with E-state index in [1.165, 1.54) is 30.1 Å². The monoisotopic (exact) mass is 272 g/mol. The number of urea groups is 1. The van der Waals surface area contributed by atoms with E-state index in [-0.39, 0.29) is 29.4 Å². The molecule has 2 amide bonds. The Labute approximate surface area is 109 Å². The Morgan fingerprint density at radius 1 is 1.44 bits per heavy atom. The van der Waals surface area contributed by atoms with Gasteiger partial charge in [0, 0.05) is 18.6 Å². The zero-order chi connectivity index (χ0) is 13.7. The maximum absolute atomic E-state index is 11.6. The van der Waals surface area contributed by atoms with E-state index >= 15 is 0 Å². The van der Waals surface area contributed by atoms with E-state index in [1.807, 2.05) is 0 Å². The first-order valence-electron chi connectivity index (χ1n) is 5.11. The number of likely N-dealkylation sites (N-methyl/N-ethyl adjacent to an activating group) is 1. The van der Waals surface area contributed by atoms with Gasteiger partial charge in [0.1, 0.15) is 0 Å². The highest BCUT2D eigenvalue weighted by molar-refractivity contribution is 6.31. The van der Waals surface area contributed by atoms with Crippen molar-refractivity contribution >= 4 is 29.3 Å². The molecular weight excluding hydrogens is 260 g/mol. The maximum Gasteiger partial charge on any atom is 0.337 e. The molecule has 1 aromatic carbocycles. The van der Waals surface area contributed by atoms with Crippen LogP contribution in [0.15, 0.2) is 18.2 Å². The lowest BCUT2D eigenvalue weighted by Gasteiger charge is -2.17. The largest absolute Gasteiger partial charge is 0.478 e. The van der Waals surface area contributed by atoms with E-state index in [0.717, 1.165) is 0 Å². The number of rotatable bonds is 4. The van der Waals surface area contributed by atoms with Gasteiger partial charge in [-0.3, -0.25) is 0 Å². The number of carbonyl (C=O) groups is 2. The summed E-state index contributed by atoms with van der Waals surface area (Å²) < 4.78 is 0. The van der Waals surface area contributed by atoms with E-state index in [1.54, 1.807) is 0 Å². The Morgan fingerprint density at radius 2 is 2.11 bits per heavy atom. The molecule has 0 fully saturated rings. The molecular formula is C11H13ClN2O4. The van der Waals surface area contributed by atoms with E-state index < -0.39 is 12.0 Å². The first-order chi connectivity index (χ1) is 8.45. The van der Waals surface area contributed by atoms with Crippen molar-refractivity contribution in [1.82, 2.24) is 4.90 Å². The smallest absolute Gasteiger partial charge is 0.337 e. The quantitative estimate of drug-likeness (QED) is 0.775. The molecule has 0 bridgehead atoms. The van der Waals surface area contributed by atoms with E-state index in [9.17, 15) is 9.59 Å². The van der Waals surface area contributed by atoms with Crippen LogP contribution in [0.2, 0.25) is 5.02 Å². The lowest BCUT2D eigenvalue weighted by molar-refractivity contribution is 0.0698. The van der Waals surface area contributed by atoms with Crippen molar-refractivity contribution in [2.45, 2.75) is 0 Å². The summed E-state index contributed by atoms with van der Waals surface area (Å²) >= 11 is 5.69. The van der Waals surface area contributed by atoms with Gasteiger partial charge in [0.2, 0.25) is 0 Å². The van der Waals surface area contributed by atoms with Crippen molar-refractivity contribution < 1.29 is 19.8 Å². The molecule has 7 heteroatoms. The predicted octanol–water partition coefficient (Wildman–Crippen LogP) is 1.49. The summed E-state index contributed by atoms with van der Waals surface area (Å²) in [4.78, 5) is 23.9. The molecule has 1 aromatic rings. The lowest BCUT2D eigenvalue weighted by Crippen LogP contribution is -2.33. The minimum Gasteiger partial charge on any atom is -0.478 e. The van der Waals surface area contributed by atoms with Gasteiger partial charge < -0.3 is 20.4 Å². The number of halogens is 1. The Bertz CT molecular complexity index is 464. The molecule has 0 radical (unpaired) electrons. The molecule has 0 aliphatic rings. The highest BCUT2D eigenvalue weighted by Crippen LogP contribution is 2.21. The fourth-order valence-corrected chi connectivity index (χ4v) is 1.44. The van der Waals surface area contributed by atoms with Gasteiger partial charge in [0.15, 0.2) is 0 Å². The van der Waals surface area contributed by atoms with Gasteiger partial charge >= 0.3 is 12.0 Å². The second-order valence-corrected chi connectivity index (χ2v) is 4.01. The third-order valence-corrected chi connectivity index (χ3v) is 2.47. The minimum absolute atomic E-state index is 0.0896. The Kier molecular flexibility index (Phi) is 4.94. The number of anilines is 1. The normalized spacial score (nSPS) is 9.94. The van der Waals surface area contributed by atoms with Gasteiger partial charge in [-0.1, -0.05) is 11.6 Å². The number of nitrogens with zero attached hydrogens (tertiary/aromatic N) is 1. The number of aliphatic hydroxyl groups is 1. The number of aromatic carboxylic acids is 1. The third-order valence-electron chi connectivity index (χ3n) is 2.24. The van der Waals surface area contributed by atoms with Crippen molar-refractivity contribution in [3.8, 4) is 0 Å². The van der Waals surface area contributed by atoms with Gasteiger partial charge in [-0.05, 0) is 18.2 Å². The molecule has 0 atom stereocenters. The lowest BCUT2D eigenvalue weighted by atomic mass is 10.2. The second-order valence-electron chi connectivity index (χ2n) is 3.57. The molecule has 0 saturated heterocycles. The van der Waals surface area contributed by atoms with Crippen LogP contribution in [0.5, 0.6) is 0 Å². The SMILES string of the molecule is CN(CCO)C(=O)Nc1ccc(Cl)cc1C(=O)O. The number of benzene rings is 1. The highest BCUT2D eigenvalue weighted by atomic mass is 35.5. The molecule has 6 nitrogen and oxygen atoms in total. The predicted molar refractivity (Wildman–Crippen MR) is 67.1 cm³/mol. The van der Waals surface area contributed by atoms with Crippen molar-refractivity contribution in [2.24, 2.45) is 0 Å². The van der Waals surface area contributed by atoms with E-state index in [4.69, 9.17) is 21.8 Å². The average Bonchev–Trinajstić information content (AvgIpc) is 2.31. The van der Waals surface area contributed by atoms with Crippen LogP contribution in [0.3, 0.4) is 0 Å². The standard InChI is InChI=1S/C11H13ClN2O4/c1-14(4-5-15)11(18)13-9-3-2-7(12)6-8(9)10(16)17/h2-3,6,15H,4-5H2,1H3,(H,13,18)(H,16,17). The molecule has 0 aromatic heterocycles. The van der Waals surface area contributed by atoms with Crippen LogP contribution < -0.4 is 5.32 Å². The molecule has 0 spiro atoms. The molecule has 0 aliphatic carbocycles. The fourth-order valence-electron chi connectivity index (χ4n) is 1.26. The van der Waals surface area contributed by atoms with Gasteiger partial charge in [-0.2, -0.15) is 0 Å². The van der Waals surface area contributed by atoms with Gasteiger partial charge in [0.25, 0.3) is 0 Å². The van der Waals surface area contributed by atoms with Crippen molar-refractivity contribution in [1.29, 1.82) is 0 Å². The summed E-state index contributed by atoms with van der Waals surface area (Å²) in [6, 6.07) is 3.64. The first-order valence-corrected chi connectivity index (χ1v) is 5.49. The average molecular weight is 273 g/mol. The van der Waals surface area contributed by atoms with Crippen LogP contribution >= 0.6 is 11.6 Å². The van der Waals surface area contributed by atoms with Crippen LogP contribution in [0, 0.1) is 0 Å². The number of hydrogen-bond donors (Lipinski definition) is 3. The van der Waals surface area contributed by atoms with Crippen LogP contribution in [-0.4, -0.2) is 47.3 Å². The molecule has 0 aliphatic heterocycles. The molecule has 1 rings (SSSR count). The minimum atomic E-state index is -1.18. The molecule has 0 saturated carbocycles.